The number of amides is 1. The van der Waals surface area contributed by atoms with Crippen molar-refractivity contribution in [2.24, 2.45) is 10.9 Å². The SMILES string of the molecule is CCCCC1=N[C@@](C)(C2CCCCC2)C(=O)N1. The van der Waals surface area contributed by atoms with E-state index in [0.717, 1.165) is 37.9 Å². The van der Waals surface area contributed by atoms with Gasteiger partial charge in [-0.1, -0.05) is 32.6 Å². The van der Waals surface area contributed by atoms with E-state index in [2.05, 4.69) is 12.2 Å². The molecule has 0 aromatic heterocycles. The maximum Gasteiger partial charge on any atom is 0.253 e. The first-order chi connectivity index (χ1) is 8.16. The van der Waals surface area contributed by atoms with Crippen LogP contribution in [0.2, 0.25) is 0 Å². The molecule has 3 heteroatoms. The molecule has 1 saturated carbocycles. The molecule has 1 aliphatic carbocycles. The van der Waals surface area contributed by atoms with Gasteiger partial charge in [-0.3, -0.25) is 9.79 Å². The van der Waals surface area contributed by atoms with Gasteiger partial charge >= 0.3 is 0 Å². The van der Waals surface area contributed by atoms with Crippen molar-refractivity contribution >= 4 is 11.7 Å². The van der Waals surface area contributed by atoms with Crippen LogP contribution in [0.3, 0.4) is 0 Å². The van der Waals surface area contributed by atoms with Crippen LogP contribution in [0.5, 0.6) is 0 Å². The molecular formula is C14H24N2O. The van der Waals surface area contributed by atoms with Crippen molar-refractivity contribution < 1.29 is 4.79 Å². The van der Waals surface area contributed by atoms with Crippen molar-refractivity contribution in [3.05, 3.63) is 0 Å². The summed E-state index contributed by atoms with van der Waals surface area (Å²) in [5, 5.41) is 2.99. The predicted molar refractivity (Wildman–Crippen MR) is 70.1 cm³/mol. The second kappa shape index (κ2) is 5.19. The molecule has 0 unspecified atom stereocenters. The Bertz CT molecular complexity index is 318. The minimum absolute atomic E-state index is 0.135. The first-order valence-electron chi connectivity index (χ1n) is 7.07. The number of rotatable bonds is 4. The summed E-state index contributed by atoms with van der Waals surface area (Å²) >= 11 is 0. The monoisotopic (exact) mass is 236 g/mol. The number of hydrogen-bond acceptors (Lipinski definition) is 2. The minimum atomic E-state index is -0.469. The Hall–Kier alpha value is -0.860. The van der Waals surface area contributed by atoms with E-state index in [1.54, 1.807) is 0 Å². The van der Waals surface area contributed by atoms with E-state index >= 15 is 0 Å². The van der Waals surface area contributed by atoms with E-state index < -0.39 is 5.54 Å². The van der Waals surface area contributed by atoms with Crippen molar-refractivity contribution in [2.45, 2.75) is 70.8 Å². The highest BCUT2D eigenvalue weighted by Gasteiger charge is 2.45. The maximum absolute atomic E-state index is 12.1. The van der Waals surface area contributed by atoms with Gasteiger partial charge in [0, 0.05) is 6.42 Å². The molecule has 0 aromatic carbocycles. The van der Waals surface area contributed by atoms with Crippen LogP contribution in [-0.4, -0.2) is 17.3 Å². The molecule has 96 valence electrons. The van der Waals surface area contributed by atoms with Gasteiger partial charge < -0.3 is 5.32 Å². The number of aliphatic imine (C=N–C) groups is 1. The lowest BCUT2D eigenvalue weighted by atomic mass is 9.76. The highest BCUT2D eigenvalue weighted by molar-refractivity contribution is 6.08. The highest BCUT2D eigenvalue weighted by Crippen LogP contribution is 2.37. The Morgan fingerprint density at radius 3 is 2.71 bits per heavy atom. The molecule has 0 spiro atoms. The number of carbonyl (C=O) groups excluding carboxylic acids is 1. The first kappa shape index (κ1) is 12.6. The number of unbranched alkanes of at least 4 members (excludes halogenated alkanes) is 1. The number of hydrogen-bond donors (Lipinski definition) is 1. The molecule has 1 amide bonds. The molecule has 0 aromatic rings. The molecule has 2 aliphatic rings. The van der Waals surface area contributed by atoms with Gasteiger partial charge in [0.1, 0.15) is 11.4 Å². The highest BCUT2D eigenvalue weighted by atomic mass is 16.2. The van der Waals surface area contributed by atoms with Gasteiger partial charge in [-0.25, -0.2) is 0 Å². The van der Waals surface area contributed by atoms with Crippen LogP contribution >= 0.6 is 0 Å². The summed E-state index contributed by atoms with van der Waals surface area (Å²) in [6.45, 7) is 4.19. The minimum Gasteiger partial charge on any atom is -0.312 e. The fourth-order valence-electron chi connectivity index (χ4n) is 3.02. The third-order valence-corrected chi connectivity index (χ3v) is 4.25. The van der Waals surface area contributed by atoms with Crippen LogP contribution in [0.1, 0.15) is 65.2 Å². The number of carbonyl (C=O) groups is 1. The maximum atomic E-state index is 12.1. The molecule has 1 heterocycles. The van der Waals surface area contributed by atoms with Crippen molar-refractivity contribution in [3.8, 4) is 0 Å². The Balaban J connectivity index is 2.06. The van der Waals surface area contributed by atoms with E-state index in [9.17, 15) is 4.79 Å². The number of nitrogens with zero attached hydrogens (tertiary/aromatic N) is 1. The lowest BCUT2D eigenvalue weighted by Crippen LogP contribution is -2.43. The average molecular weight is 236 g/mol. The number of amidine groups is 1. The molecule has 1 fully saturated rings. The molecule has 1 aliphatic heterocycles. The predicted octanol–water partition coefficient (Wildman–Crippen LogP) is 3.04. The van der Waals surface area contributed by atoms with Crippen molar-refractivity contribution in [2.75, 3.05) is 0 Å². The summed E-state index contributed by atoms with van der Waals surface area (Å²) in [6, 6.07) is 0. The Kier molecular flexibility index (Phi) is 3.85. The molecule has 0 radical (unpaired) electrons. The van der Waals surface area contributed by atoms with Gasteiger partial charge in [0.2, 0.25) is 0 Å². The van der Waals surface area contributed by atoms with Crippen LogP contribution < -0.4 is 5.32 Å². The molecule has 1 atom stereocenters. The molecule has 0 bridgehead atoms. The normalized spacial score (nSPS) is 30.2. The molecule has 17 heavy (non-hydrogen) atoms. The van der Waals surface area contributed by atoms with Crippen molar-refractivity contribution in [3.63, 3.8) is 0 Å². The lowest BCUT2D eigenvalue weighted by Gasteiger charge is -2.32. The average Bonchev–Trinajstić information content (AvgIpc) is 2.65. The summed E-state index contributed by atoms with van der Waals surface area (Å²) in [5.74, 6) is 1.51. The quantitative estimate of drug-likeness (QED) is 0.801. The van der Waals surface area contributed by atoms with Crippen LogP contribution in [0.15, 0.2) is 4.99 Å². The Morgan fingerprint density at radius 1 is 1.35 bits per heavy atom. The second-order valence-electron chi connectivity index (χ2n) is 5.60. The van der Waals surface area contributed by atoms with Crippen molar-refractivity contribution in [1.29, 1.82) is 0 Å². The lowest BCUT2D eigenvalue weighted by molar-refractivity contribution is -0.125. The standard InChI is InChI=1S/C14H24N2O/c1-3-4-10-12-15-13(17)14(2,16-12)11-8-6-5-7-9-11/h11H,3-10H2,1-2H3,(H,15,16,17)/t14-/m0/s1. The van der Waals surface area contributed by atoms with Gasteiger partial charge in [-0.05, 0) is 32.1 Å². The largest absolute Gasteiger partial charge is 0.312 e. The zero-order chi connectivity index (χ0) is 12.3. The smallest absolute Gasteiger partial charge is 0.253 e. The van der Waals surface area contributed by atoms with E-state index in [0.29, 0.717) is 5.92 Å². The van der Waals surface area contributed by atoms with E-state index in [-0.39, 0.29) is 5.91 Å². The molecule has 1 N–H and O–H groups in total. The van der Waals surface area contributed by atoms with E-state index in [4.69, 9.17) is 4.99 Å². The third-order valence-electron chi connectivity index (χ3n) is 4.25. The van der Waals surface area contributed by atoms with Crippen LogP contribution in [0.4, 0.5) is 0 Å². The zero-order valence-corrected chi connectivity index (χ0v) is 11.1. The summed E-state index contributed by atoms with van der Waals surface area (Å²) in [4.78, 5) is 16.9. The summed E-state index contributed by atoms with van der Waals surface area (Å²) in [7, 11) is 0. The Labute approximate surface area is 104 Å². The van der Waals surface area contributed by atoms with Gasteiger partial charge in [0.15, 0.2) is 0 Å². The first-order valence-corrected chi connectivity index (χ1v) is 7.07. The topological polar surface area (TPSA) is 41.5 Å². The molecular weight excluding hydrogens is 212 g/mol. The van der Waals surface area contributed by atoms with Crippen molar-refractivity contribution in [1.82, 2.24) is 5.32 Å². The number of nitrogens with one attached hydrogen (secondary N) is 1. The van der Waals surface area contributed by atoms with E-state index in [1.165, 1.54) is 19.3 Å². The van der Waals surface area contributed by atoms with Crippen LogP contribution in [0.25, 0.3) is 0 Å². The molecule has 2 rings (SSSR count). The zero-order valence-electron chi connectivity index (χ0n) is 11.1. The Morgan fingerprint density at radius 2 is 2.06 bits per heavy atom. The van der Waals surface area contributed by atoms with Crippen LogP contribution in [-0.2, 0) is 4.79 Å². The summed E-state index contributed by atoms with van der Waals surface area (Å²) in [6.07, 6.45) is 9.34. The van der Waals surface area contributed by atoms with Gasteiger partial charge in [0.05, 0.1) is 0 Å². The fourth-order valence-corrected chi connectivity index (χ4v) is 3.02. The summed E-state index contributed by atoms with van der Waals surface area (Å²) < 4.78 is 0. The fraction of sp³-hybridized carbons (Fsp3) is 0.857. The summed E-state index contributed by atoms with van der Waals surface area (Å²) in [5.41, 5.74) is -0.469. The van der Waals surface area contributed by atoms with E-state index in [1.807, 2.05) is 6.92 Å². The third kappa shape index (κ3) is 2.53. The van der Waals surface area contributed by atoms with Gasteiger partial charge in [-0.2, -0.15) is 0 Å². The second-order valence-corrected chi connectivity index (χ2v) is 5.60. The van der Waals surface area contributed by atoms with Crippen LogP contribution in [0, 0.1) is 5.92 Å². The molecule has 0 saturated heterocycles. The van der Waals surface area contributed by atoms with Gasteiger partial charge in [-0.15, -0.1) is 0 Å². The molecule has 3 nitrogen and oxygen atoms in total. The van der Waals surface area contributed by atoms with Gasteiger partial charge in [0.25, 0.3) is 5.91 Å².